The van der Waals surface area contributed by atoms with Crippen LogP contribution in [0.25, 0.3) is 0 Å². The van der Waals surface area contributed by atoms with Crippen molar-refractivity contribution in [3.05, 3.63) is 36.5 Å². The highest BCUT2D eigenvalue weighted by Crippen LogP contribution is 2.26. The maximum absolute atomic E-state index is 13.6. The normalized spacial score (nSPS) is 15.0. The average Bonchev–Trinajstić information content (AvgIpc) is 3.30. The molecule has 0 saturated carbocycles. The molecule has 0 aliphatic rings. The van der Waals surface area contributed by atoms with Crippen LogP contribution in [0.1, 0.15) is 278 Å². The third kappa shape index (κ3) is 35.8. The van der Waals surface area contributed by atoms with E-state index in [9.17, 15) is 39.9 Å². The fourth-order valence-electron chi connectivity index (χ4n) is 8.55. The zero-order valence-corrected chi connectivity index (χ0v) is 42.5. The van der Waals surface area contributed by atoms with Gasteiger partial charge < -0.3 is 25.5 Å². The van der Waals surface area contributed by atoms with E-state index in [1.807, 2.05) is 0 Å². The summed E-state index contributed by atoms with van der Waals surface area (Å²) in [4.78, 5) is 40.2. The van der Waals surface area contributed by atoms with Crippen molar-refractivity contribution in [2.45, 2.75) is 308 Å². The van der Waals surface area contributed by atoms with Crippen LogP contribution >= 0.6 is 0 Å². The Morgan fingerprint density at radius 1 is 0.369 bits per heavy atom. The first-order chi connectivity index (χ1) is 31.6. The predicted octanol–water partition coefficient (Wildman–Crippen LogP) is 14.2. The van der Waals surface area contributed by atoms with Crippen LogP contribution in [0.2, 0.25) is 0 Å². The summed E-state index contributed by atoms with van der Waals surface area (Å²) >= 11 is 0. The molecule has 0 amide bonds. The molecule has 0 aliphatic carbocycles. The lowest BCUT2D eigenvalue weighted by atomic mass is 9.78. The van der Waals surface area contributed by atoms with E-state index in [-0.39, 0.29) is 31.5 Å². The molecule has 0 spiro atoms. The second-order valence-electron chi connectivity index (χ2n) is 19.4. The van der Waals surface area contributed by atoms with Crippen LogP contribution in [0, 0.1) is 0 Å². The molecule has 0 rings (SSSR count). The molecular weight excluding hydrogens is 813 g/mol. The minimum Gasteiger partial charge on any atom is -0.393 e. The summed E-state index contributed by atoms with van der Waals surface area (Å²) in [5.41, 5.74) is -2.86. The first kappa shape index (κ1) is 63.0. The minimum atomic E-state index is -2.86. The van der Waals surface area contributed by atoms with Gasteiger partial charge in [-0.1, -0.05) is 198 Å². The second-order valence-corrected chi connectivity index (χ2v) is 19.4. The third-order valence-corrected chi connectivity index (χ3v) is 13.1. The maximum atomic E-state index is 13.6. The fourth-order valence-corrected chi connectivity index (χ4v) is 8.55. The zero-order chi connectivity index (χ0) is 48.1. The van der Waals surface area contributed by atoms with Crippen molar-refractivity contribution in [1.82, 2.24) is 0 Å². The standard InChI is InChI=1S/C57H104O8/c1-4-7-10-13-14-15-16-17-18-19-20-21-30-35-42-49-54(62)57(65,55(63)52(60)47-40-33-28-24-22-26-31-38-45-50(58)43-36-11-8-5-2)56(64)53(61)48-41-34-29-25-23-27-32-39-46-51(59)44-37-12-9-6-3/h17-18,31-32,38-39,50-51,55-56,58-59,63-65H,4-16,19-30,33-37,40-49H2,1-3H3/b18-17-,38-31-,39-32-/t50-,51-,55?,56?,57?/m1/s1. The molecule has 0 aromatic carbocycles. The quantitative estimate of drug-likeness (QED) is 0.0299. The Kier molecular flexibility index (Phi) is 44.4. The van der Waals surface area contributed by atoms with Crippen LogP contribution in [-0.4, -0.2) is 72.9 Å². The second kappa shape index (κ2) is 45.8. The molecule has 0 heterocycles. The van der Waals surface area contributed by atoms with Gasteiger partial charge in [-0.25, -0.2) is 0 Å². The molecule has 5 N–H and O–H groups in total. The number of carbonyl (C=O) groups is 3. The van der Waals surface area contributed by atoms with Gasteiger partial charge >= 0.3 is 0 Å². The van der Waals surface area contributed by atoms with Crippen molar-refractivity contribution in [3.63, 3.8) is 0 Å². The topological polar surface area (TPSA) is 152 Å². The van der Waals surface area contributed by atoms with Crippen molar-refractivity contribution < 1.29 is 39.9 Å². The molecule has 0 aromatic heterocycles. The van der Waals surface area contributed by atoms with Crippen LogP contribution in [0.4, 0.5) is 0 Å². The molecule has 0 radical (unpaired) electrons. The van der Waals surface area contributed by atoms with E-state index in [4.69, 9.17) is 0 Å². The number of aliphatic hydroxyl groups excluding tert-OH is 4. The number of allylic oxidation sites excluding steroid dienone is 4. The van der Waals surface area contributed by atoms with Crippen LogP contribution in [0.15, 0.2) is 36.5 Å². The number of carbonyl (C=O) groups excluding carboxylic acids is 3. The van der Waals surface area contributed by atoms with Crippen molar-refractivity contribution in [3.8, 4) is 0 Å². The number of aliphatic hydroxyl groups is 5. The van der Waals surface area contributed by atoms with E-state index in [2.05, 4.69) is 57.2 Å². The van der Waals surface area contributed by atoms with Crippen molar-refractivity contribution in [2.24, 2.45) is 0 Å². The number of hydrogen-bond donors (Lipinski definition) is 5. The number of hydrogen-bond acceptors (Lipinski definition) is 8. The largest absolute Gasteiger partial charge is 0.393 e. The van der Waals surface area contributed by atoms with Gasteiger partial charge in [0.25, 0.3) is 0 Å². The highest BCUT2D eigenvalue weighted by molar-refractivity contribution is 6.01. The van der Waals surface area contributed by atoms with Gasteiger partial charge in [0.15, 0.2) is 35.2 Å². The van der Waals surface area contributed by atoms with E-state index in [0.29, 0.717) is 32.1 Å². The highest BCUT2D eigenvalue weighted by atomic mass is 16.4. The Morgan fingerprint density at radius 2 is 0.646 bits per heavy atom. The molecule has 0 bridgehead atoms. The lowest BCUT2D eigenvalue weighted by molar-refractivity contribution is -0.181. The van der Waals surface area contributed by atoms with Gasteiger partial charge in [-0.2, -0.15) is 0 Å². The highest BCUT2D eigenvalue weighted by Gasteiger charge is 2.53. The molecule has 8 nitrogen and oxygen atoms in total. The van der Waals surface area contributed by atoms with Crippen LogP contribution in [0.5, 0.6) is 0 Å². The van der Waals surface area contributed by atoms with Crippen LogP contribution < -0.4 is 0 Å². The van der Waals surface area contributed by atoms with Gasteiger partial charge in [-0.3, -0.25) is 14.4 Å². The number of Topliss-reactive ketones (excluding diaryl/α,β-unsaturated/α-hetero) is 3. The maximum Gasteiger partial charge on any atom is 0.189 e. The first-order valence-electron chi connectivity index (χ1n) is 27.5. The summed E-state index contributed by atoms with van der Waals surface area (Å²) in [5, 5.41) is 54.4. The molecule has 0 aromatic rings. The molecule has 0 saturated heterocycles. The molecule has 8 heteroatoms. The monoisotopic (exact) mass is 917 g/mol. The van der Waals surface area contributed by atoms with Gasteiger partial charge in [0.1, 0.15) is 0 Å². The number of ketones is 3. The fraction of sp³-hybridized carbons (Fsp3) is 0.842. The van der Waals surface area contributed by atoms with Crippen LogP contribution in [-0.2, 0) is 14.4 Å². The van der Waals surface area contributed by atoms with Gasteiger partial charge in [-0.15, -0.1) is 0 Å². The van der Waals surface area contributed by atoms with Gasteiger partial charge in [0, 0.05) is 19.3 Å². The van der Waals surface area contributed by atoms with Gasteiger partial charge in [0.2, 0.25) is 0 Å². The number of unbranched alkanes of at least 4 members (excludes halogenated alkanes) is 27. The summed E-state index contributed by atoms with van der Waals surface area (Å²) in [5.74, 6) is -2.28. The SMILES string of the molecule is CCCCCCCC/C=C\CCCCCCCC(=O)C(O)(C(O)C(=O)CCCCCCC/C=C\C[C@H](O)CCCCCC)C(O)C(=O)CCCCCCC/C=C\C[C@H](O)CCCCCC. The molecule has 0 fully saturated rings. The molecule has 4 atom stereocenters. The van der Waals surface area contributed by atoms with Crippen molar-refractivity contribution >= 4 is 17.3 Å². The summed E-state index contributed by atoms with van der Waals surface area (Å²) in [7, 11) is 0. The Bertz CT molecular complexity index is 1130. The van der Waals surface area contributed by atoms with E-state index in [1.165, 1.54) is 77.0 Å². The van der Waals surface area contributed by atoms with Crippen molar-refractivity contribution in [1.29, 1.82) is 0 Å². The first-order valence-corrected chi connectivity index (χ1v) is 27.5. The predicted molar refractivity (Wildman–Crippen MR) is 273 cm³/mol. The lowest BCUT2D eigenvalue weighted by Gasteiger charge is -2.34. The van der Waals surface area contributed by atoms with E-state index < -0.39 is 35.2 Å². The smallest absolute Gasteiger partial charge is 0.189 e. The van der Waals surface area contributed by atoms with Gasteiger partial charge in [-0.05, 0) is 96.3 Å². The lowest BCUT2D eigenvalue weighted by Crippen LogP contribution is -2.63. The summed E-state index contributed by atoms with van der Waals surface area (Å²) < 4.78 is 0. The van der Waals surface area contributed by atoms with E-state index >= 15 is 0 Å². The molecule has 380 valence electrons. The minimum absolute atomic E-state index is 0.0457. The van der Waals surface area contributed by atoms with E-state index in [0.717, 1.165) is 128 Å². The Morgan fingerprint density at radius 3 is 1.00 bits per heavy atom. The van der Waals surface area contributed by atoms with E-state index in [1.54, 1.807) is 0 Å². The average molecular weight is 917 g/mol. The van der Waals surface area contributed by atoms with Crippen LogP contribution in [0.3, 0.4) is 0 Å². The molecule has 0 aliphatic heterocycles. The summed E-state index contributed by atoms with van der Waals surface area (Å²) in [6.45, 7) is 6.61. The third-order valence-electron chi connectivity index (χ3n) is 13.1. The zero-order valence-electron chi connectivity index (χ0n) is 42.5. The van der Waals surface area contributed by atoms with Gasteiger partial charge in [0.05, 0.1) is 12.2 Å². The number of rotatable bonds is 50. The molecule has 2 unspecified atom stereocenters. The molecular formula is C57H104O8. The summed E-state index contributed by atoms with van der Waals surface area (Å²) in [6, 6.07) is 0. The Labute approximate surface area is 400 Å². The van der Waals surface area contributed by atoms with Crippen molar-refractivity contribution in [2.75, 3.05) is 0 Å². The Hall–Kier alpha value is -1.97. The Balaban J connectivity index is 4.91. The molecule has 65 heavy (non-hydrogen) atoms. The summed E-state index contributed by atoms with van der Waals surface area (Å²) in [6.07, 6.45) is 44.5.